The SMILES string of the molecule is Cc1cccc(Cl)c1C1Nc2ccc(NC(=O)C3CC3)cc2C2C3CCC(C3)C12. The van der Waals surface area contributed by atoms with E-state index in [-0.39, 0.29) is 17.9 Å². The average Bonchev–Trinajstić information content (AvgIpc) is 3.36. The van der Waals surface area contributed by atoms with Gasteiger partial charge in [0.05, 0.1) is 6.04 Å². The molecule has 150 valence electrons. The number of fused-ring (bicyclic) bond motifs is 7. The minimum Gasteiger partial charge on any atom is -0.378 e. The summed E-state index contributed by atoms with van der Waals surface area (Å²) in [5.74, 6) is 3.06. The summed E-state index contributed by atoms with van der Waals surface area (Å²) >= 11 is 6.71. The zero-order valence-corrected chi connectivity index (χ0v) is 17.5. The number of carbonyl (C=O) groups is 1. The highest BCUT2D eigenvalue weighted by molar-refractivity contribution is 6.31. The molecule has 3 fully saturated rings. The van der Waals surface area contributed by atoms with Crippen LogP contribution in [0.1, 0.15) is 60.8 Å². The van der Waals surface area contributed by atoms with Gasteiger partial charge in [-0.1, -0.05) is 23.7 Å². The quantitative estimate of drug-likeness (QED) is 0.628. The van der Waals surface area contributed by atoms with Gasteiger partial charge in [-0.3, -0.25) is 4.79 Å². The summed E-state index contributed by atoms with van der Waals surface area (Å²) < 4.78 is 0. The maximum atomic E-state index is 12.3. The topological polar surface area (TPSA) is 41.1 Å². The third-order valence-corrected chi connectivity index (χ3v) is 8.21. The van der Waals surface area contributed by atoms with Gasteiger partial charge in [0, 0.05) is 22.3 Å². The van der Waals surface area contributed by atoms with Crippen molar-refractivity contribution in [3.63, 3.8) is 0 Å². The van der Waals surface area contributed by atoms with E-state index in [1.54, 1.807) is 0 Å². The van der Waals surface area contributed by atoms with Crippen LogP contribution in [0.4, 0.5) is 11.4 Å². The number of anilines is 2. The molecule has 0 saturated heterocycles. The minimum atomic E-state index is 0.183. The fourth-order valence-corrected chi connectivity index (χ4v) is 6.82. The van der Waals surface area contributed by atoms with E-state index in [9.17, 15) is 4.79 Å². The maximum Gasteiger partial charge on any atom is 0.227 e. The molecular formula is C25H27ClN2O. The van der Waals surface area contributed by atoms with Gasteiger partial charge in [0.25, 0.3) is 0 Å². The van der Waals surface area contributed by atoms with Crippen molar-refractivity contribution in [2.75, 3.05) is 10.6 Å². The smallest absolute Gasteiger partial charge is 0.227 e. The van der Waals surface area contributed by atoms with E-state index in [0.717, 1.165) is 35.4 Å². The summed E-state index contributed by atoms with van der Waals surface area (Å²) in [5.41, 5.74) is 6.11. The van der Waals surface area contributed by atoms with Crippen molar-refractivity contribution < 1.29 is 4.79 Å². The molecule has 4 aliphatic rings. The van der Waals surface area contributed by atoms with Gasteiger partial charge < -0.3 is 10.6 Å². The van der Waals surface area contributed by atoms with E-state index >= 15 is 0 Å². The number of rotatable bonds is 3. The molecule has 5 atom stereocenters. The Hall–Kier alpha value is -2.00. The first-order valence-corrected chi connectivity index (χ1v) is 11.4. The predicted molar refractivity (Wildman–Crippen MR) is 117 cm³/mol. The number of aryl methyl sites for hydroxylation is 1. The van der Waals surface area contributed by atoms with Crippen molar-refractivity contribution in [2.45, 2.75) is 51.0 Å². The van der Waals surface area contributed by atoms with Crippen LogP contribution in [0.5, 0.6) is 0 Å². The van der Waals surface area contributed by atoms with E-state index in [2.05, 4.69) is 41.8 Å². The van der Waals surface area contributed by atoms with Crippen LogP contribution in [0, 0.1) is 30.6 Å². The van der Waals surface area contributed by atoms with E-state index < -0.39 is 0 Å². The number of nitrogens with one attached hydrogen (secondary N) is 2. The molecule has 1 amide bonds. The highest BCUT2D eigenvalue weighted by Crippen LogP contribution is 2.64. The lowest BCUT2D eigenvalue weighted by atomic mass is 9.67. The van der Waals surface area contributed by atoms with Gasteiger partial charge in [-0.25, -0.2) is 0 Å². The Morgan fingerprint density at radius 3 is 2.72 bits per heavy atom. The molecule has 2 aromatic rings. The molecule has 3 nitrogen and oxygen atoms in total. The molecule has 3 aliphatic carbocycles. The maximum absolute atomic E-state index is 12.3. The summed E-state index contributed by atoms with van der Waals surface area (Å²) in [4.78, 5) is 12.3. The summed E-state index contributed by atoms with van der Waals surface area (Å²) in [6, 6.07) is 13.0. The summed E-state index contributed by atoms with van der Waals surface area (Å²) in [6.45, 7) is 2.18. The van der Waals surface area contributed by atoms with Crippen molar-refractivity contribution in [3.05, 3.63) is 58.1 Å². The highest BCUT2D eigenvalue weighted by Gasteiger charge is 2.54. The Kier molecular flexibility index (Phi) is 4.00. The number of halogens is 1. The predicted octanol–water partition coefficient (Wildman–Crippen LogP) is 6.29. The fourth-order valence-electron chi connectivity index (χ4n) is 6.48. The first-order valence-electron chi connectivity index (χ1n) is 11.1. The first kappa shape index (κ1) is 17.8. The van der Waals surface area contributed by atoms with E-state index in [1.807, 2.05) is 12.1 Å². The molecule has 6 rings (SSSR count). The summed E-state index contributed by atoms with van der Waals surface area (Å²) in [7, 11) is 0. The van der Waals surface area contributed by atoms with E-state index in [0.29, 0.717) is 11.8 Å². The fraction of sp³-hybridized carbons (Fsp3) is 0.480. The summed E-state index contributed by atoms with van der Waals surface area (Å²) in [5, 5.41) is 7.90. The second-order valence-electron chi connectivity index (χ2n) is 9.59. The Morgan fingerprint density at radius 2 is 1.93 bits per heavy atom. The van der Waals surface area contributed by atoms with Crippen LogP contribution in [0.3, 0.4) is 0 Å². The van der Waals surface area contributed by atoms with Crippen LogP contribution >= 0.6 is 11.6 Å². The molecule has 1 aliphatic heterocycles. The van der Waals surface area contributed by atoms with Gasteiger partial charge in [-0.2, -0.15) is 0 Å². The van der Waals surface area contributed by atoms with E-state index in [1.165, 1.54) is 41.6 Å². The van der Waals surface area contributed by atoms with Crippen molar-refractivity contribution in [2.24, 2.45) is 23.7 Å². The summed E-state index contributed by atoms with van der Waals surface area (Å²) in [6.07, 6.45) is 6.06. The number of carbonyl (C=O) groups excluding carboxylic acids is 1. The molecule has 5 unspecified atom stereocenters. The molecule has 2 aromatic carbocycles. The van der Waals surface area contributed by atoms with Crippen molar-refractivity contribution in [1.82, 2.24) is 0 Å². The number of hydrogen-bond acceptors (Lipinski definition) is 2. The van der Waals surface area contributed by atoms with Crippen LogP contribution in [0.25, 0.3) is 0 Å². The van der Waals surface area contributed by atoms with Crippen molar-refractivity contribution in [1.29, 1.82) is 0 Å². The van der Waals surface area contributed by atoms with Crippen molar-refractivity contribution >= 4 is 28.9 Å². The molecule has 29 heavy (non-hydrogen) atoms. The first-order chi connectivity index (χ1) is 14.1. The number of amides is 1. The van der Waals surface area contributed by atoms with Gasteiger partial charge in [-0.05, 0) is 104 Å². The molecule has 0 radical (unpaired) electrons. The lowest BCUT2D eigenvalue weighted by Gasteiger charge is -2.44. The zero-order valence-electron chi connectivity index (χ0n) is 16.7. The Balaban J connectivity index is 1.41. The Bertz CT molecular complexity index is 978. The third kappa shape index (κ3) is 2.81. The second kappa shape index (κ2) is 6.50. The molecular weight excluding hydrogens is 380 g/mol. The molecule has 0 aromatic heterocycles. The van der Waals surface area contributed by atoms with Crippen LogP contribution < -0.4 is 10.6 Å². The van der Waals surface area contributed by atoms with Gasteiger partial charge in [0.15, 0.2) is 0 Å². The largest absolute Gasteiger partial charge is 0.378 e. The van der Waals surface area contributed by atoms with E-state index in [4.69, 9.17) is 11.6 Å². The number of hydrogen-bond donors (Lipinski definition) is 2. The molecule has 2 bridgehead atoms. The zero-order chi connectivity index (χ0) is 19.7. The van der Waals surface area contributed by atoms with Crippen LogP contribution in [0.2, 0.25) is 5.02 Å². The standard InChI is InChI=1S/C25H27ClN2O/c1-13-3-2-4-19(26)21(13)24-23-16-8-7-15(11-16)22(23)18-12-17(9-10-20(18)28-24)27-25(29)14-5-6-14/h2-4,9-10,12,14-16,22-24,28H,5-8,11H2,1H3,(H,27,29). The molecule has 4 heteroatoms. The lowest BCUT2D eigenvalue weighted by molar-refractivity contribution is -0.117. The van der Waals surface area contributed by atoms with Gasteiger partial charge in [0.2, 0.25) is 5.91 Å². The van der Waals surface area contributed by atoms with Crippen LogP contribution in [-0.2, 0) is 4.79 Å². The van der Waals surface area contributed by atoms with Crippen LogP contribution in [0.15, 0.2) is 36.4 Å². The van der Waals surface area contributed by atoms with Gasteiger partial charge >= 0.3 is 0 Å². The van der Waals surface area contributed by atoms with Crippen LogP contribution in [-0.4, -0.2) is 5.91 Å². The van der Waals surface area contributed by atoms with Gasteiger partial charge in [0.1, 0.15) is 0 Å². The molecule has 1 heterocycles. The molecule has 0 spiro atoms. The average molecular weight is 407 g/mol. The Labute approximate surface area is 177 Å². The second-order valence-corrected chi connectivity index (χ2v) is 10.0. The normalized spacial score (nSPS) is 31.7. The molecule has 2 N–H and O–H groups in total. The third-order valence-electron chi connectivity index (χ3n) is 7.88. The monoisotopic (exact) mass is 406 g/mol. The highest BCUT2D eigenvalue weighted by atomic mass is 35.5. The lowest BCUT2D eigenvalue weighted by Crippen LogP contribution is -2.36. The number of benzene rings is 2. The molecule has 3 saturated carbocycles. The Morgan fingerprint density at radius 1 is 1.10 bits per heavy atom. The van der Waals surface area contributed by atoms with Gasteiger partial charge in [-0.15, -0.1) is 0 Å². The minimum absolute atomic E-state index is 0.183. The van der Waals surface area contributed by atoms with Crippen molar-refractivity contribution in [3.8, 4) is 0 Å².